The molecule has 3 aromatic rings. The molecule has 5 rings (SSSR count). The average molecular weight is 493 g/mol. The minimum atomic E-state index is -0.907. The smallest absolute Gasteiger partial charge is 0.335 e. The first-order valence-corrected chi connectivity index (χ1v) is 12.4. The standard InChI is InChI=1S/C28H26Cl2N2O2/c29-20-7-11-24(26(30)15-20)25-3-1-2-18-14-19(28(33)34)6-10-23(18)27(25)17-4-8-21(9-5-17)32-22-12-13-31-16-22/h4-11,14-15,22,31-32H,1-3,12-13,16H2,(H,33,34)/t22-/m1/s1. The lowest BCUT2D eigenvalue weighted by Gasteiger charge is -2.19. The summed E-state index contributed by atoms with van der Waals surface area (Å²) in [4.78, 5) is 11.6. The van der Waals surface area contributed by atoms with Crippen LogP contribution >= 0.6 is 23.2 Å². The van der Waals surface area contributed by atoms with Crippen molar-refractivity contribution in [3.05, 3.63) is 98.5 Å². The van der Waals surface area contributed by atoms with E-state index < -0.39 is 5.97 Å². The van der Waals surface area contributed by atoms with Gasteiger partial charge >= 0.3 is 5.97 Å². The number of benzene rings is 3. The van der Waals surface area contributed by atoms with E-state index in [-0.39, 0.29) is 0 Å². The minimum absolute atomic E-state index is 0.316. The SMILES string of the molecule is O=C(O)c1ccc2c(c1)CCCC(c1ccc(Cl)cc1Cl)=C2c1ccc(N[C@@H]2CCNC2)cc1. The van der Waals surface area contributed by atoms with Crippen LogP contribution in [0.1, 0.15) is 51.9 Å². The second kappa shape index (κ2) is 9.83. The molecule has 0 amide bonds. The van der Waals surface area contributed by atoms with Gasteiger partial charge in [-0.3, -0.25) is 0 Å². The van der Waals surface area contributed by atoms with Crippen molar-refractivity contribution in [2.45, 2.75) is 31.7 Å². The normalized spacial score (nSPS) is 17.9. The number of fused-ring (bicyclic) bond motifs is 1. The molecule has 1 fully saturated rings. The lowest BCUT2D eigenvalue weighted by Crippen LogP contribution is -2.21. The molecule has 4 nitrogen and oxygen atoms in total. The summed E-state index contributed by atoms with van der Waals surface area (Å²) in [6, 6.07) is 20.1. The molecule has 0 unspecified atom stereocenters. The predicted molar refractivity (Wildman–Crippen MR) is 140 cm³/mol. The van der Waals surface area contributed by atoms with Crippen LogP contribution in [-0.2, 0) is 6.42 Å². The van der Waals surface area contributed by atoms with Crippen LogP contribution in [0, 0.1) is 0 Å². The Morgan fingerprint density at radius 3 is 2.47 bits per heavy atom. The van der Waals surface area contributed by atoms with Crippen LogP contribution in [0.5, 0.6) is 0 Å². The molecule has 6 heteroatoms. The summed E-state index contributed by atoms with van der Waals surface area (Å²) in [7, 11) is 0. The van der Waals surface area contributed by atoms with Crippen LogP contribution in [0.2, 0.25) is 10.0 Å². The van der Waals surface area contributed by atoms with E-state index in [0.29, 0.717) is 21.7 Å². The van der Waals surface area contributed by atoms with Gasteiger partial charge in [0.1, 0.15) is 0 Å². The topological polar surface area (TPSA) is 61.4 Å². The third kappa shape index (κ3) is 4.72. The summed E-state index contributed by atoms with van der Waals surface area (Å²) in [5, 5.41) is 17.7. The second-order valence-corrected chi connectivity index (χ2v) is 9.76. The number of hydrogen-bond acceptors (Lipinski definition) is 3. The molecule has 2 aliphatic rings. The van der Waals surface area contributed by atoms with Crippen molar-refractivity contribution in [2.24, 2.45) is 0 Å². The quantitative estimate of drug-likeness (QED) is 0.368. The maximum atomic E-state index is 11.6. The van der Waals surface area contributed by atoms with Gasteiger partial charge in [-0.1, -0.05) is 47.5 Å². The first-order valence-electron chi connectivity index (χ1n) is 11.6. The number of aromatic carboxylic acids is 1. The zero-order valence-corrected chi connectivity index (χ0v) is 20.2. The lowest BCUT2D eigenvalue weighted by atomic mass is 9.87. The number of rotatable bonds is 5. The summed E-state index contributed by atoms with van der Waals surface area (Å²) in [5.74, 6) is -0.907. The van der Waals surface area contributed by atoms with Crippen LogP contribution in [0.25, 0.3) is 11.1 Å². The Kier molecular flexibility index (Phi) is 6.64. The zero-order valence-electron chi connectivity index (χ0n) is 18.7. The third-order valence-electron chi connectivity index (χ3n) is 6.66. The number of carboxylic acids is 1. The van der Waals surface area contributed by atoms with Gasteiger partial charge in [-0.15, -0.1) is 0 Å². The Morgan fingerprint density at radius 1 is 0.971 bits per heavy atom. The van der Waals surface area contributed by atoms with E-state index in [1.54, 1.807) is 12.1 Å². The Labute approximate surface area is 209 Å². The summed E-state index contributed by atoms with van der Waals surface area (Å²) < 4.78 is 0. The fraction of sp³-hybridized carbons (Fsp3) is 0.250. The molecule has 0 spiro atoms. The number of nitrogens with one attached hydrogen (secondary N) is 2. The van der Waals surface area contributed by atoms with E-state index in [9.17, 15) is 9.90 Å². The number of allylic oxidation sites excluding steroid dienone is 1. The highest BCUT2D eigenvalue weighted by Crippen LogP contribution is 2.42. The number of carboxylic acid groups (broad SMARTS) is 1. The molecule has 3 N–H and O–H groups in total. The van der Waals surface area contributed by atoms with Gasteiger partial charge in [0.05, 0.1) is 5.56 Å². The lowest BCUT2D eigenvalue weighted by molar-refractivity contribution is 0.0696. The summed E-state index contributed by atoms with van der Waals surface area (Å²) >= 11 is 12.9. The first-order chi connectivity index (χ1) is 16.5. The Morgan fingerprint density at radius 2 is 1.76 bits per heavy atom. The molecule has 1 aliphatic carbocycles. The summed E-state index contributed by atoms with van der Waals surface area (Å²) in [6.45, 7) is 2.02. The number of aryl methyl sites for hydroxylation is 1. The van der Waals surface area contributed by atoms with Crippen LogP contribution < -0.4 is 10.6 Å². The van der Waals surface area contributed by atoms with E-state index in [4.69, 9.17) is 23.2 Å². The van der Waals surface area contributed by atoms with Gasteiger partial charge in [-0.05, 0) is 102 Å². The van der Waals surface area contributed by atoms with Crippen LogP contribution in [0.4, 0.5) is 5.69 Å². The van der Waals surface area contributed by atoms with Crippen molar-refractivity contribution in [3.8, 4) is 0 Å². The molecule has 1 saturated heterocycles. The van der Waals surface area contributed by atoms with Crippen LogP contribution in [0.15, 0.2) is 60.7 Å². The summed E-state index contributed by atoms with van der Waals surface area (Å²) in [6.07, 6.45) is 3.66. The van der Waals surface area contributed by atoms with Crippen LogP contribution in [-0.4, -0.2) is 30.2 Å². The van der Waals surface area contributed by atoms with Crippen molar-refractivity contribution in [2.75, 3.05) is 18.4 Å². The van der Waals surface area contributed by atoms with Crippen molar-refractivity contribution < 1.29 is 9.90 Å². The molecule has 0 saturated carbocycles. The molecule has 1 atom stereocenters. The van der Waals surface area contributed by atoms with E-state index in [1.165, 1.54) is 0 Å². The average Bonchev–Trinajstić information content (AvgIpc) is 3.25. The molecule has 3 aromatic carbocycles. The van der Waals surface area contributed by atoms with Gasteiger partial charge < -0.3 is 15.7 Å². The fourth-order valence-electron chi connectivity index (χ4n) is 5.00. The Bertz CT molecular complexity index is 1260. The Hall–Kier alpha value is -2.79. The molecule has 0 bridgehead atoms. The van der Waals surface area contributed by atoms with Crippen molar-refractivity contribution in [1.82, 2.24) is 5.32 Å². The number of halogens is 2. The van der Waals surface area contributed by atoms with Gasteiger partial charge in [0.15, 0.2) is 0 Å². The molecule has 34 heavy (non-hydrogen) atoms. The molecule has 0 radical (unpaired) electrons. The van der Waals surface area contributed by atoms with E-state index in [0.717, 1.165) is 77.9 Å². The van der Waals surface area contributed by atoms with E-state index >= 15 is 0 Å². The maximum Gasteiger partial charge on any atom is 0.335 e. The zero-order chi connectivity index (χ0) is 23.7. The van der Waals surface area contributed by atoms with Crippen LogP contribution in [0.3, 0.4) is 0 Å². The van der Waals surface area contributed by atoms with E-state index in [2.05, 4.69) is 34.9 Å². The molecular formula is C28H26Cl2N2O2. The number of hydrogen-bond donors (Lipinski definition) is 3. The van der Waals surface area contributed by atoms with Gasteiger partial charge in [0.25, 0.3) is 0 Å². The third-order valence-corrected chi connectivity index (χ3v) is 7.20. The van der Waals surface area contributed by atoms with Gasteiger partial charge in [-0.2, -0.15) is 0 Å². The van der Waals surface area contributed by atoms with Crippen molar-refractivity contribution in [1.29, 1.82) is 0 Å². The van der Waals surface area contributed by atoms with Crippen molar-refractivity contribution in [3.63, 3.8) is 0 Å². The largest absolute Gasteiger partial charge is 0.478 e. The van der Waals surface area contributed by atoms with Gasteiger partial charge in [0, 0.05) is 28.3 Å². The molecule has 0 aromatic heterocycles. The molecule has 1 heterocycles. The predicted octanol–water partition coefficient (Wildman–Crippen LogP) is 6.76. The Balaban J connectivity index is 1.64. The van der Waals surface area contributed by atoms with Crippen molar-refractivity contribution >= 4 is 46.0 Å². The highest BCUT2D eigenvalue weighted by atomic mass is 35.5. The molecule has 1 aliphatic heterocycles. The van der Waals surface area contributed by atoms with Gasteiger partial charge in [-0.25, -0.2) is 4.79 Å². The monoisotopic (exact) mass is 492 g/mol. The summed E-state index contributed by atoms with van der Waals surface area (Å²) in [5.41, 5.74) is 7.83. The number of carbonyl (C=O) groups is 1. The maximum absolute atomic E-state index is 11.6. The second-order valence-electron chi connectivity index (χ2n) is 8.92. The molecular weight excluding hydrogens is 467 g/mol. The highest BCUT2D eigenvalue weighted by Gasteiger charge is 2.23. The molecule has 174 valence electrons. The van der Waals surface area contributed by atoms with Gasteiger partial charge in [0.2, 0.25) is 0 Å². The minimum Gasteiger partial charge on any atom is -0.478 e. The number of anilines is 1. The highest BCUT2D eigenvalue weighted by molar-refractivity contribution is 6.36. The van der Waals surface area contributed by atoms with E-state index in [1.807, 2.05) is 24.3 Å². The fourth-order valence-corrected chi connectivity index (χ4v) is 5.52. The first kappa shape index (κ1) is 23.0.